The topological polar surface area (TPSA) is 32.3 Å². The molecule has 1 aliphatic rings. The quantitative estimate of drug-likeness (QED) is 0.883. The molecule has 1 aliphatic heterocycles. The molecule has 2 N–H and O–H groups in total. The fraction of sp³-hybridized carbons (Fsp3) is 0.250. The summed E-state index contributed by atoms with van der Waals surface area (Å²) in [5, 5.41) is 13.8. The van der Waals surface area contributed by atoms with Gasteiger partial charge in [0.05, 0.1) is 0 Å². The number of phenols is 1. The number of aromatic hydroxyl groups is 1. The minimum atomic E-state index is 0.312. The van der Waals surface area contributed by atoms with E-state index in [9.17, 15) is 5.11 Å². The molecule has 0 spiro atoms. The molecule has 0 aliphatic carbocycles. The lowest BCUT2D eigenvalue weighted by Crippen LogP contribution is -2.24. The number of thioether (sulfide) groups is 1. The molecule has 2 aromatic rings. The van der Waals surface area contributed by atoms with Crippen LogP contribution in [0.1, 0.15) is 23.6 Å². The molecule has 20 heavy (non-hydrogen) atoms. The highest BCUT2D eigenvalue weighted by Crippen LogP contribution is 2.37. The Morgan fingerprint density at radius 3 is 3.00 bits per heavy atom. The zero-order valence-corrected chi connectivity index (χ0v) is 12.5. The predicted molar refractivity (Wildman–Crippen MR) is 84.5 cm³/mol. The maximum absolute atomic E-state index is 9.50. The van der Waals surface area contributed by atoms with Crippen LogP contribution in [0.3, 0.4) is 0 Å². The van der Waals surface area contributed by atoms with Gasteiger partial charge in [0.2, 0.25) is 0 Å². The van der Waals surface area contributed by atoms with Crippen LogP contribution in [0, 0.1) is 0 Å². The number of halogens is 1. The van der Waals surface area contributed by atoms with Gasteiger partial charge in [-0.2, -0.15) is 0 Å². The van der Waals surface area contributed by atoms with Gasteiger partial charge in [-0.15, -0.1) is 11.8 Å². The van der Waals surface area contributed by atoms with Crippen LogP contribution >= 0.6 is 23.4 Å². The first kappa shape index (κ1) is 13.8. The van der Waals surface area contributed by atoms with Crippen LogP contribution in [-0.4, -0.2) is 10.9 Å². The van der Waals surface area contributed by atoms with E-state index in [4.69, 9.17) is 11.6 Å². The van der Waals surface area contributed by atoms with Gasteiger partial charge in [-0.05, 0) is 53.6 Å². The van der Waals surface area contributed by atoms with Gasteiger partial charge in [0.15, 0.2) is 0 Å². The SMILES string of the molecule is Oc1cccc(CNC2CCSc3ccc(Cl)cc32)c1. The first-order chi connectivity index (χ1) is 9.72. The third-order valence-corrected chi connectivity index (χ3v) is 4.83. The Hall–Kier alpha value is -1.16. The Bertz CT molecular complexity index is 617. The summed E-state index contributed by atoms with van der Waals surface area (Å²) in [6, 6.07) is 13.8. The van der Waals surface area contributed by atoms with Crippen molar-refractivity contribution in [2.24, 2.45) is 0 Å². The molecule has 0 radical (unpaired) electrons. The molecule has 0 saturated heterocycles. The molecule has 1 heterocycles. The van der Waals surface area contributed by atoms with Gasteiger partial charge < -0.3 is 10.4 Å². The minimum absolute atomic E-state index is 0.312. The van der Waals surface area contributed by atoms with Crippen LogP contribution in [0.25, 0.3) is 0 Å². The van der Waals surface area contributed by atoms with E-state index in [1.165, 1.54) is 10.5 Å². The van der Waals surface area contributed by atoms with Crippen molar-refractivity contribution < 1.29 is 5.11 Å². The van der Waals surface area contributed by atoms with Gasteiger partial charge in [-0.25, -0.2) is 0 Å². The molecular formula is C16H16ClNOS. The highest BCUT2D eigenvalue weighted by atomic mass is 35.5. The van der Waals surface area contributed by atoms with Crippen LogP contribution in [0.5, 0.6) is 5.75 Å². The second-order valence-electron chi connectivity index (χ2n) is 4.92. The molecule has 0 aromatic heterocycles. The first-order valence-electron chi connectivity index (χ1n) is 6.66. The maximum Gasteiger partial charge on any atom is 0.115 e. The van der Waals surface area contributed by atoms with Crippen molar-refractivity contribution in [1.82, 2.24) is 5.32 Å². The van der Waals surface area contributed by atoms with Gasteiger partial charge in [0.1, 0.15) is 5.75 Å². The first-order valence-corrected chi connectivity index (χ1v) is 8.02. The predicted octanol–water partition coefficient (Wildman–Crippen LogP) is 4.37. The second-order valence-corrected chi connectivity index (χ2v) is 6.50. The molecule has 4 heteroatoms. The van der Waals surface area contributed by atoms with Crippen LogP contribution in [0.2, 0.25) is 5.02 Å². The molecular weight excluding hydrogens is 290 g/mol. The molecule has 0 bridgehead atoms. The van der Waals surface area contributed by atoms with E-state index in [1.54, 1.807) is 12.1 Å². The number of hydrogen-bond donors (Lipinski definition) is 2. The molecule has 104 valence electrons. The average molecular weight is 306 g/mol. The lowest BCUT2D eigenvalue weighted by atomic mass is 10.0. The number of nitrogens with one attached hydrogen (secondary N) is 1. The number of rotatable bonds is 3. The molecule has 1 atom stereocenters. The molecule has 0 saturated carbocycles. The zero-order chi connectivity index (χ0) is 13.9. The fourth-order valence-electron chi connectivity index (χ4n) is 2.48. The minimum Gasteiger partial charge on any atom is -0.508 e. The Morgan fingerprint density at radius 2 is 2.15 bits per heavy atom. The molecule has 3 rings (SSSR count). The summed E-state index contributed by atoms with van der Waals surface area (Å²) >= 11 is 8.00. The van der Waals surface area contributed by atoms with Crippen molar-refractivity contribution in [2.45, 2.75) is 23.9 Å². The number of hydrogen-bond acceptors (Lipinski definition) is 3. The van der Waals surface area contributed by atoms with Crippen molar-refractivity contribution in [3.05, 3.63) is 58.6 Å². The van der Waals surface area contributed by atoms with Crippen molar-refractivity contribution in [1.29, 1.82) is 0 Å². The number of fused-ring (bicyclic) bond motifs is 1. The van der Waals surface area contributed by atoms with E-state index in [0.717, 1.165) is 29.3 Å². The lowest BCUT2D eigenvalue weighted by Gasteiger charge is -2.26. The Morgan fingerprint density at radius 1 is 1.25 bits per heavy atom. The maximum atomic E-state index is 9.50. The van der Waals surface area contributed by atoms with Crippen LogP contribution in [-0.2, 0) is 6.54 Å². The van der Waals surface area contributed by atoms with E-state index >= 15 is 0 Å². The van der Waals surface area contributed by atoms with Gasteiger partial charge in [-0.3, -0.25) is 0 Å². The highest BCUT2D eigenvalue weighted by molar-refractivity contribution is 7.99. The molecule has 2 aromatic carbocycles. The van der Waals surface area contributed by atoms with Crippen molar-refractivity contribution in [3.63, 3.8) is 0 Å². The third-order valence-electron chi connectivity index (χ3n) is 3.47. The van der Waals surface area contributed by atoms with Crippen LogP contribution < -0.4 is 5.32 Å². The van der Waals surface area contributed by atoms with Gasteiger partial charge in [-0.1, -0.05) is 23.7 Å². The van der Waals surface area contributed by atoms with Crippen LogP contribution in [0.15, 0.2) is 47.4 Å². The normalized spacial score (nSPS) is 17.8. The number of benzene rings is 2. The van der Waals surface area contributed by atoms with Crippen molar-refractivity contribution >= 4 is 23.4 Å². The summed E-state index contributed by atoms with van der Waals surface area (Å²) in [6.07, 6.45) is 1.09. The monoisotopic (exact) mass is 305 g/mol. The van der Waals surface area contributed by atoms with E-state index in [0.29, 0.717) is 11.8 Å². The summed E-state index contributed by atoms with van der Waals surface area (Å²) in [5.74, 6) is 1.43. The molecule has 1 unspecified atom stereocenters. The fourth-order valence-corrected chi connectivity index (χ4v) is 3.77. The summed E-state index contributed by atoms with van der Waals surface area (Å²) in [5.41, 5.74) is 2.38. The Kier molecular flexibility index (Phi) is 4.20. The summed E-state index contributed by atoms with van der Waals surface area (Å²) in [6.45, 7) is 0.746. The van der Waals surface area contributed by atoms with E-state index in [-0.39, 0.29) is 0 Å². The lowest BCUT2D eigenvalue weighted by molar-refractivity contribution is 0.472. The third kappa shape index (κ3) is 3.11. The second kappa shape index (κ2) is 6.08. The molecule has 0 fully saturated rings. The number of phenolic OH excluding ortho intramolecular Hbond substituents is 1. The molecule has 2 nitrogen and oxygen atoms in total. The smallest absolute Gasteiger partial charge is 0.115 e. The van der Waals surface area contributed by atoms with Gasteiger partial charge in [0.25, 0.3) is 0 Å². The summed E-state index contributed by atoms with van der Waals surface area (Å²) in [4.78, 5) is 1.31. The average Bonchev–Trinajstić information content (AvgIpc) is 2.45. The molecule has 0 amide bonds. The Balaban J connectivity index is 1.75. The van der Waals surface area contributed by atoms with E-state index in [1.807, 2.05) is 30.0 Å². The van der Waals surface area contributed by atoms with Crippen molar-refractivity contribution in [2.75, 3.05) is 5.75 Å². The van der Waals surface area contributed by atoms with Gasteiger partial charge >= 0.3 is 0 Å². The summed E-state index contributed by atoms with van der Waals surface area (Å²) < 4.78 is 0. The van der Waals surface area contributed by atoms with Crippen molar-refractivity contribution in [3.8, 4) is 5.75 Å². The van der Waals surface area contributed by atoms with E-state index in [2.05, 4.69) is 17.4 Å². The largest absolute Gasteiger partial charge is 0.508 e. The Labute approximate surface area is 128 Å². The highest BCUT2D eigenvalue weighted by Gasteiger charge is 2.20. The standard InChI is InChI=1S/C16H16ClNOS/c17-12-4-5-16-14(9-12)15(6-7-20-16)18-10-11-2-1-3-13(19)8-11/h1-5,8-9,15,18-19H,6-7,10H2. The summed E-state index contributed by atoms with van der Waals surface area (Å²) in [7, 11) is 0. The zero-order valence-electron chi connectivity index (χ0n) is 11.0. The van der Waals surface area contributed by atoms with E-state index < -0.39 is 0 Å². The van der Waals surface area contributed by atoms with Gasteiger partial charge in [0, 0.05) is 22.5 Å². The van der Waals surface area contributed by atoms with Crippen LogP contribution in [0.4, 0.5) is 0 Å².